The maximum absolute atomic E-state index is 11.6. The van der Waals surface area contributed by atoms with Crippen LogP contribution in [-0.2, 0) is 4.79 Å². The molecule has 1 nitrogen and oxygen atoms in total. The summed E-state index contributed by atoms with van der Waals surface area (Å²) in [6.45, 7) is 6.31. The van der Waals surface area contributed by atoms with Gasteiger partial charge in [0.25, 0.3) is 0 Å². The normalized spacial score (nSPS) is 28.0. The summed E-state index contributed by atoms with van der Waals surface area (Å²) in [6.07, 6.45) is 7.46. The van der Waals surface area contributed by atoms with Gasteiger partial charge in [0, 0.05) is 12.3 Å². The summed E-state index contributed by atoms with van der Waals surface area (Å²) in [5.74, 6) is 2.29. The second-order valence-corrected chi connectivity index (χ2v) is 5.13. The Bertz CT molecular complexity index is 184. The molecular formula is C13H24O. The van der Waals surface area contributed by atoms with Crippen LogP contribution in [0.4, 0.5) is 0 Å². The van der Waals surface area contributed by atoms with Gasteiger partial charge < -0.3 is 0 Å². The van der Waals surface area contributed by atoms with E-state index in [9.17, 15) is 4.79 Å². The lowest BCUT2D eigenvalue weighted by Gasteiger charge is -2.28. The molecule has 0 saturated heterocycles. The standard InChI is InChI=1S/C13H24O/c1-4-11-6-5-7-12(8-11)9-13(14)10(2)3/h10-12H,4-9H2,1-3H3. The fourth-order valence-corrected chi connectivity index (χ4v) is 2.48. The van der Waals surface area contributed by atoms with Crippen molar-refractivity contribution in [1.29, 1.82) is 0 Å². The topological polar surface area (TPSA) is 17.1 Å². The van der Waals surface area contributed by atoms with E-state index in [0.717, 1.165) is 12.3 Å². The van der Waals surface area contributed by atoms with E-state index in [1.54, 1.807) is 0 Å². The van der Waals surface area contributed by atoms with E-state index in [1.807, 2.05) is 13.8 Å². The van der Waals surface area contributed by atoms with Gasteiger partial charge in [-0.25, -0.2) is 0 Å². The molecule has 1 aliphatic rings. The van der Waals surface area contributed by atoms with Gasteiger partial charge in [0.1, 0.15) is 5.78 Å². The zero-order valence-corrected chi connectivity index (χ0v) is 9.88. The Labute approximate surface area is 88.3 Å². The van der Waals surface area contributed by atoms with Gasteiger partial charge in [-0.2, -0.15) is 0 Å². The first-order valence-electron chi connectivity index (χ1n) is 6.16. The van der Waals surface area contributed by atoms with Crippen LogP contribution >= 0.6 is 0 Å². The molecule has 1 saturated carbocycles. The largest absolute Gasteiger partial charge is 0.299 e. The molecule has 0 radical (unpaired) electrons. The Hall–Kier alpha value is -0.330. The number of hydrogen-bond donors (Lipinski definition) is 0. The molecule has 1 rings (SSSR count). The molecule has 0 heterocycles. The summed E-state index contributed by atoms with van der Waals surface area (Å²) in [5, 5.41) is 0. The molecule has 0 aromatic carbocycles. The van der Waals surface area contributed by atoms with Gasteiger partial charge in [-0.15, -0.1) is 0 Å². The van der Waals surface area contributed by atoms with Crippen molar-refractivity contribution in [2.45, 2.75) is 59.3 Å². The molecule has 0 amide bonds. The highest BCUT2D eigenvalue weighted by molar-refractivity contribution is 5.80. The maximum atomic E-state index is 11.6. The van der Waals surface area contributed by atoms with Crippen LogP contribution in [0.3, 0.4) is 0 Å². The molecule has 14 heavy (non-hydrogen) atoms. The summed E-state index contributed by atoms with van der Waals surface area (Å²) >= 11 is 0. The average Bonchev–Trinajstić information content (AvgIpc) is 2.18. The van der Waals surface area contributed by atoms with E-state index in [4.69, 9.17) is 0 Å². The van der Waals surface area contributed by atoms with Gasteiger partial charge in [-0.3, -0.25) is 4.79 Å². The highest BCUT2D eigenvalue weighted by atomic mass is 16.1. The molecule has 1 aliphatic carbocycles. The SMILES string of the molecule is CCC1CCCC(CC(=O)C(C)C)C1. The van der Waals surface area contributed by atoms with E-state index in [-0.39, 0.29) is 5.92 Å². The molecule has 0 N–H and O–H groups in total. The number of ketones is 1. The summed E-state index contributed by atoms with van der Waals surface area (Å²) in [4.78, 5) is 11.6. The molecule has 82 valence electrons. The van der Waals surface area contributed by atoms with Crippen molar-refractivity contribution in [1.82, 2.24) is 0 Å². The van der Waals surface area contributed by atoms with E-state index < -0.39 is 0 Å². The van der Waals surface area contributed by atoms with Gasteiger partial charge in [0.2, 0.25) is 0 Å². The highest BCUT2D eigenvalue weighted by Gasteiger charge is 2.23. The van der Waals surface area contributed by atoms with Crippen molar-refractivity contribution >= 4 is 5.78 Å². The highest BCUT2D eigenvalue weighted by Crippen LogP contribution is 2.33. The molecule has 1 heteroatoms. The first kappa shape index (κ1) is 11.7. The zero-order chi connectivity index (χ0) is 10.6. The molecule has 0 bridgehead atoms. The molecule has 0 aromatic rings. The molecule has 2 atom stereocenters. The Kier molecular flexibility index (Phi) is 4.64. The van der Waals surface area contributed by atoms with Gasteiger partial charge in [-0.1, -0.05) is 46.5 Å². The Morgan fingerprint density at radius 3 is 2.50 bits per heavy atom. The monoisotopic (exact) mass is 196 g/mol. The minimum Gasteiger partial charge on any atom is -0.299 e. The average molecular weight is 196 g/mol. The lowest BCUT2D eigenvalue weighted by atomic mass is 9.77. The summed E-state index contributed by atoms with van der Waals surface area (Å²) in [7, 11) is 0. The minimum atomic E-state index is 0.233. The summed E-state index contributed by atoms with van der Waals surface area (Å²) < 4.78 is 0. The summed E-state index contributed by atoms with van der Waals surface area (Å²) in [5.41, 5.74) is 0. The second-order valence-electron chi connectivity index (χ2n) is 5.13. The van der Waals surface area contributed by atoms with Crippen molar-refractivity contribution in [2.24, 2.45) is 17.8 Å². The summed E-state index contributed by atoms with van der Waals surface area (Å²) in [6, 6.07) is 0. The van der Waals surface area contributed by atoms with Crippen LogP contribution in [-0.4, -0.2) is 5.78 Å². The number of carbonyl (C=O) groups excluding carboxylic acids is 1. The van der Waals surface area contributed by atoms with Gasteiger partial charge in [0.15, 0.2) is 0 Å². The van der Waals surface area contributed by atoms with E-state index in [0.29, 0.717) is 11.7 Å². The third-order valence-corrected chi connectivity index (χ3v) is 3.60. The van der Waals surface area contributed by atoms with Crippen LogP contribution in [0.15, 0.2) is 0 Å². The number of carbonyl (C=O) groups is 1. The lowest BCUT2D eigenvalue weighted by molar-refractivity contribution is -0.123. The van der Waals surface area contributed by atoms with Crippen LogP contribution in [0.5, 0.6) is 0 Å². The van der Waals surface area contributed by atoms with Crippen molar-refractivity contribution in [2.75, 3.05) is 0 Å². The number of Topliss-reactive ketones (excluding diaryl/α,β-unsaturated/α-hetero) is 1. The number of hydrogen-bond acceptors (Lipinski definition) is 1. The van der Waals surface area contributed by atoms with Gasteiger partial charge >= 0.3 is 0 Å². The molecule has 0 spiro atoms. The van der Waals surface area contributed by atoms with Crippen LogP contribution in [0, 0.1) is 17.8 Å². The zero-order valence-electron chi connectivity index (χ0n) is 9.88. The quantitative estimate of drug-likeness (QED) is 0.668. The maximum Gasteiger partial charge on any atom is 0.135 e. The third-order valence-electron chi connectivity index (χ3n) is 3.60. The van der Waals surface area contributed by atoms with Crippen molar-refractivity contribution < 1.29 is 4.79 Å². The van der Waals surface area contributed by atoms with E-state index >= 15 is 0 Å². The lowest BCUT2D eigenvalue weighted by Crippen LogP contribution is -2.20. The molecule has 0 aromatic heterocycles. The first-order valence-corrected chi connectivity index (χ1v) is 6.16. The van der Waals surface area contributed by atoms with E-state index in [1.165, 1.54) is 32.1 Å². The molecule has 1 fully saturated rings. The third kappa shape index (κ3) is 3.43. The molecule has 2 unspecified atom stereocenters. The van der Waals surface area contributed by atoms with Crippen LogP contribution < -0.4 is 0 Å². The predicted octanol–water partition coefficient (Wildman–Crippen LogP) is 3.82. The predicted molar refractivity (Wildman–Crippen MR) is 60.2 cm³/mol. The smallest absolute Gasteiger partial charge is 0.135 e. The molecule has 0 aliphatic heterocycles. The van der Waals surface area contributed by atoms with Crippen LogP contribution in [0.25, 0.3) is 0 Å². The number of rotatable bonds is 4. The first-order chi connectivity index (χ1) is 6.63. The second kappa shape index (κ2) is 5.53. The van der Waals surface area contributed by atoms with Crippen molar-refractivity contribution in [3.63, 3.8) is 0 Å². The van der Waals surface area contributed by atoms with Crippen LogP contribution in [0.2, 0.25) is 0 Å². The molecular weight excluding hydrogens is 172 g/mol. The fraction of sp³-hybridized carbons (Fsp3) is 0.923. The van der Waals surface area contributed by atoms with Gasteiger partial charge in [-0.05, 0) is 18.3 Å². The Morgan fingerprint density at radius 1 is 1.29 bits per heavy atom. The van der Waals surface area contributed by atoms with Crippen molar-refractivity contribution in [3.8, 4) is 0 Å². The van der Waals surface area contributed by atoms with Crippen LogP contribution in [0.1, 0.15) is 59.3 Å². The Balaban J connectivity index is 2.34. The minimum absolute atomic E-state index is 0.233. The van der Waals surface area contributed by atoms with Gasteiger partial charge in [0.05, 0.1) is 0 Å². The fourth-order valence-electron chi connectivity index (χ4n) is 2.48. The Morgan fingerprint density at radius 2 is 1.93 bits per heavy atom. The van der Waals surface area contributed by atoms with E-state index in [2.05, 4.69) is 6.92 Å². The van der Waals surface area contributed by atoms with Crippen molar-refractivity contribution in [3.05, 3.63) is 0 Å².